The lowest BCUT2D eigenvalue weighted by molar-refractivity contribution is -0.196. The monoisotopic (exact) mass is 598 g/mol. The highest BCUT2D eigenvalue weighted by Gasteiger charge is 2.49. The Kier molecular flexibility index (Phi) is 8.20. The summed E-state index contributed by atoms with van der Waals surface area (Å²) in [7, 11) is 1.41. The molecule has 0 spiro atoms. The fraction of sp³-hybridized carbons (Fsp3) is 0.643. The second-order valence-electron chi connectivity index (χ2n) is 12.1. The molecule has 0 saturated carbocycles. The number of rotatable bonds is 7. The third kappa shape index (κ3) is 6.37. The maximum absolute atomic E-state index is 14.4. The van der Waals surface area contributed by atoms with E-state index in [1.165, 1.54) is 33.1 Å². The van der Waals surface area contributed by atoms with E-state index in [0.29, 0.717) is 31.4 Å². The SMILES string of the molecule is COc1cc(-c2cc(C(=O)N3[C@@H]4CC[C@H]3C[C@H](C(=O)N[C@H]3CC[C@@H](C(F)(F)F)N(CC(C)(C)F)C3)C4)n[nH]2)c(F)cn1. The maximum atomic E-state index is 14.4. The van der Waals surface area contributed by atoms with Crippen molar-refractivity contribution in [3.63, 3.8) is 0 Å². The normalized spacial score (nSPS) is 26.8. The van der Waals surface area contributed by atoms with Gasteiger partial charge in [0.05, 0.1) is 19.0 Å². The number of piperidine rings is 2. The zero-order chi connectivity index (χ0) is 30.4. The predicted octanol–water partition coefficient (Wildman–Crippen LogP) is 4.26. The largest absolute Gasteiger partial charge is 0.481 e. The van der Waals surface area contributed by atoms with Crippen molar-refractivity contribution in [3.05, 3.63) is 29.8 Å². The van der Waals surface area contributed by atoms with Crippen molar-refractivity contribution in [2.45, 2.75) is 88.4 Å². The summed E-state index contributed by atoms with van der Waals surface area (Å²) in [5.41, 5.74) is -1.24. The number of carbonyl (C=O) groups is 2. The molecule has 3 aliphatic rings. The molecule has 0 radical (unpaired) electrons. The average molecular weight is 599 g/mol. The van der Waals surface area contributed by atoms with Crippen molar-refractivity contribution in [1.82, 2.24) is 30.3 Å². The van der Waals surface area contributed by atoms with Crippen molar-refractivity contribution in [3.8, 4) is 17.1 Å². The van der Waals surface area contributed by atoms with Crippen LogP contribution in [0.1, 0.15) is 62.9 Å². The Morgan fingerprint density at radius 2 is 1.79 bits per heavy atom. The lowest BCUT2D eigenvalue weighted by Crippen LogP contribution is -2.59. The molecule has 5 rings (SSSR count). The van der Waals surface area contributed by atoms with Crippen LogP contribution >= 0.6 is 0 Å². The van der Waals surface area contributed by atoms with Crippen LogP contribution in [0, 0.1) is 11.7 Å². The van der Waals surface area contributed by atoms with Gasteiger partial charge in [-0.25, -0.2) is 13.8 Å². The zero-order valence-corrected chi connectivity index (χ0v) is 23.7. The molecule has 9 nitrogen and oxygen atoms in total. The summed E-state index contributed by atoms with van der Waals surface area (Å²) in [6.45, 7) is 2.01. The van der Waals surface area contributed by atoms with Crippen LogP contribution in [0.3, 0.4) is 0 Å². The number of nitrogens with zero attached hydrogens (tertiary/aromatic N) is 4. The molecule has 2 amide bonds. The number of H-pyrrole nitrogens is 1. The molecule has 2 N–H and O–H groups in total. The van der Waals surface area contributed by atoms with Crippen LogP contribution in [0.25, 0.3) is 11.3 Å². The van der Waals surface area contributed by atoms with Gasteiger partial charge in [0, 0.05) is 48.8 Å². The van der Waals surface area contributed by atoms with E-state index in [0.717, 1.165) is 11.1 Å². The van der Waals surface area contributed by atoms with Crippen molar-refractivity contribution < 1.29 is 36.3 Å². The number of methoxy groups -OCH3 is 1. The van der Waals surface area contributed by atoms with Crippen LogP contribution in [0.5, 0.6) is 5.88 Å². The van der Waals surface area contributed by atoms with Gasteiger partial charge in [0.1, 0.15) is 11.7 Å². The Labute approximate surface area is 240 Å². The predicted molar refractivity (Wildman–Crippen MR) is 142 cm³/mol. The molecule has 2 aromatic heterocycles. The van der Waals surface area contributed by atoms with Crippen molar-refractivity contribution >= 4 is 11.8 Å². The van der Waals surface area contributed by atoms with E-state index in [1.54, 1.807) is 4.90 Å². The Bertz CT molecular complexity index is 1300. The minimum Gasteiger partial charge on any atom is -0.481 e. The highest BCUT2D eigenvalue weighted by molar-refractivity contribution is 5.94. The van der Waals surface area contributed by atoms with E-state index < -0.39 is 35.7 Å². The third-order valence-corrected chi connectivity index (χ3v) is 8.45. The summed E-state index contributed by atoms with van der Waals surface area (Å²) in [5.74, 6) is -1.36. The molecule has 0 aromatic carbocycles. The quantitative estimate of drug-likeness (QED) is 0.462. The van der Waals surface area contributed by atoms with Gasteiger partial charge in [-0.05, 0) is 58.4 Å². The summed E-state index contributed by atoms with van der Waals surface area (Å²) in [4.78, 5) is 33.3. The Morgan fingerprint density at radius 1 is 1.10 bits per heavy atom. The minimum absolute atomic E-state index is 0.0844. The standard InChI is InChI=1S/C28H35F5N6O3/c1-27(2,30)14-38-13-16(4-7-23(38)28(31,32)33)35-25(40)15-8-17-5-6-18(9-15)39(17)26(41)22-11-21(36-37-22)19-10-24(42-3)34-12-20(19)29/h10-12,15-18,23H,4-9,13-14H2,1-3H3,(H,35,40)(H,36,37)/t15-,16-,17-,18+,23-/m0/s1. The van der Waals surface area contributed by atoms with Crippen molar-refractivity contribution in [2.75, 3.05) is 20.2 Å². The number of amides is 2. The smallest absolute Gasteiger partial charge is 0.404 e. The third-order valence-electron chi connectivity index (χ3n) is 8.45. The molecular weight excluding hydrogens is 563 g/mol. The van der Waals surface area contributed by atoms with Crippen LogP contribution in [0.4, 0.5) is 22.0 Å². The summed E-state index contributed by atoms with van der Waals surface area (Å²) in [6, 6.07) is 0.207. The summed E-state index contributed by atoms with van der Waals surface area (Å²) < 4.78 is 74.5. The van der Waals surface area contributed by atoms with Gasteiger partial charge in [-0.3, -0.25) is 19.6 Å². The minimum atomic E-state index is -4.48. The number of nitrogens with one attached hydrogen (secondary N) is 2. The molecule has 3 saturated heterocycles. The Balaban J connectivity index is 1.22. The van der Waals surface area contributed by atoms with Gasteiger partial charge >= 0.3 is 6.18 Å². The molecule has 3 aliphatic heterocycles. The van der Waals surface area contributed by atoms with E-state index in [2.05, 4.69) is 20.5 Å². The number of hydrogen-bond acceptors (Lipinski definition) is 6. The number of fused-ring (bicyclic) bond motifs is 2. The van der Waals surface area contributed by atoms with Crippen LogP contribution < -0.4 is 10.1 Å². The number of likely N-dealkylation sites (tertiary alicyclic amines) is 1. The second-order valence-corrected chi connectivity index (χ2v) is 12.1. The van der Waals surface area contributed by atoms with E-state index in [-0.39, 0.29) is 67.0 Å². The molecule has 14 heteroatoms. The molecule has 5 heterocycles. The van der Waals surface area contributed by atoms with Crippen LogP contribution in [0.2, 0.25) is 0 Å². The second kappa shape index (κ2) is 11.4. The van der Waals surface area contributed by atoms with Gasteiger partial charge in [0.15, 0.2) is 11.5 Å². The van der Waals surface area contributed by atoms with Gasteiger partial charge in [0.25, 0.3) is 5.91 Å². The van der Waals surface area contributed by atoms with Gasteiger partial charge in [-0.1, -0.05) is 0 Å². The first-order chi connectivity index (χ1) is 19.7. The van der Waals surface area contributed by atoms with E-state index >= 15 is 0 Å². The first kappa shape index (κ1) is 30.2. The highest BCUT2D eigenvalue weighted by Crippen LogP contribution is 2.40. The van der Waals surface area contributed by atoms with E-state index in [4.69, 9.17) is 4.74 Å². The first-order valence-corrected chi connectivity index (χ1v) is 14.1. The number of ether oxygens (including phenoxy) is 1. The van der Waals surface area contributed by atoms with Crippen LogP contribution in [0.15, 0.2) is 18.3 Å². The summed E-state index contributed by atoms with van der Waals surface area (Å²) in [6.07, 6.45) is -1.27. The van der Waals surface area contributed by atoms with Gasteiger partial charge in [-0.2, -0.15) is 18.3 Å². The van der Waals surface area contributed by atoms with E-state index in [9.17, 15) is 31.5 Å². The molecule has 5 atom stereocenters. The van der Waals surface area contributed by atoms with Gasteiger partial charge in [-0.15, -0.1) is 0 Å². The number of hydrogen-bond donors (Lipinski definition) is 2. The number of aromatic nitrogens is 3. The van der Waals surface area contributed by atoms with Gasteiger partial charge in [0.2, 0.25) is 11.8 Å². The number of pyridine rings is 1. The van der Waals surface area contributed by atoms with Crippen molar-refractivity contribution in [1.29, 1.82) is 0 Å². The molecule has 2 aromatic rings. The number of carbonyl (C=O) groups excluding carboxylic acids is 2. The van der Waals surface area contributed by atoms with Crippen molar-refractivity contribution in [2.24, 2.45) is 5.92 Å². The topological polar surface area (TPSA) is 103 Å². The molecule has 230 valence electrons. The molecule has 2 bridgehead atoms. The summed E-state index contributed by atoms with van der Waals surface area (Å²) >= 11 is 0. The molecular formula is C28H35F5N6O3. The highest BCUT2D eigenvalue weighted by atomic mass is 19.4. The molecule has 3 fully saturated rings. The van der Waals surface area contributed by atoms with Crippen LogP contribution in [-0.2, 0) is 4.79 Å². The number of aromatic amines is 1. The fourth-order valence-corrected chi connectivity index (χ4v) is 6.67. The lowest BCUT2D eigenvalue weighted by atomic mass is 9.88. The van der Waals surface area contributed by atoms with E-state index in [1.807, 2.05) is 0 Å². The first-order valence-electron chi connectivity index (χ1n) is 14.1. The number of alkyl halides is 4. The fourth-order valence-electron chi connectivity index (χ4n) is 6.67. The molecule has 0 unspecified atom stereocenters. The van der Waals surface area contributed by atoms with Crippen LogP contribution in [-0.4, -0.2) is 93.0 Å². The zero-order valence-electron chi connectivity index (χ0n) is 23.7. The lowest BCUT2D eigenvalue weighted by Gasteiger charge is -2.43. The average Bonchev–Trinajstić information content (AvgIpc) is 3.49. The Morgan fingerprint density at radius 3 is 2.40 bits per heavy atom. The number of halogens is 5. The Hall–Kier alpha value is -3.29. The summed E-state index contributed by atoms with van der Waals surface area (Å²) in [5, 5.41) is 9.73. The molecule has 0 aliphatic carbocycles. The van der Waals surface area contributed by atoms with Gasteiger partial charge < -0.3 is 15.0 Å². The maximum Gasteiger partial charge on any atom is 0.404 e. The molecule has 42 heavy (non-hydrogen) atoms.